The van der Waals surface area contributed by atoms with Gasteiger partial charge in [0, 0.05) is 12.8 Å². The highest BCUT2D eigenvalue weighted by atomic mass is 16.6. The Morgan fingerprint density at radius 2 is 1.67 bits per heavy atom. The van der Waals surface area contributed by atoms with E-state index >= 15 is 0 Å². The van der Waals surface area contributed by atoms with E-state index in [-0.39, 0.29) is 30.6 Å². The molecule has 1 heterocycles. The fraction of sp³-hybridized carbons (Fsp3) is 0.694. The maximum atomic E-state index is 13.8. The predicted octanol–water partition coefficient (Wildman–Crippen LogP) is 4.11. The lowest BCUT2D eigenvalue weighted by Crippen LogP contribution is -2.59. The average Bonchev–Trinajstić information content (AvgIpc) is 3.00. The van der Waals surface area contributed by atoms with E-state index in [1.165, 1.54) is 0 Å². The van der Waals surface area contributed by atoms with Crippen LogP contribution in [0.5, 0.6) is 0 Å². The maximum Gasteiger partial charge on any atom is 0.408 e. The van der Waals surface area contributed by atoms with Gasteiger partial charge in [0.05, 0.1) is 6.04 Å². The molecule has 12 heteroatoms. The van der Waals surface area contributed by atoms with E-state index in [0.29, 0.717) is 12.8 Å². The third kappa shape index (κ3) is 13.8. The van der Waals surface area contributed by atoms with Crippen LogP contribution in [0.3, 0.4) is 0 Å². The molecule has 0 aromatic heterocycles. The van der Waals surface area contributed by atoms with Crippen molar-refractivity contribution in [2.24, 2.45) is 11.3 Å². The number of carbonyl (C=O) groups is 5. The van der Waals surface area contributed by atoms with Crippen molar-refractivity contribution in [3.8, 4) is 0 Å². The summed E-state index contributed by atoms with van der Waals surface area (Å²) >= 11 is 0. The van der Waals surface area contributed by atoms with Crippen LogP contribution in [0, 0.1) is 11.3 Å². The summed E-state index contributed by atoms with van der Waals surface area (Å²) < 4.78 is 16.6. The number of ether oxygens (including phenoxy) is 3. The Kier molecular flexibility index (Phi) is 14.3. The van der Waals surface area contributed by atoms with Crippen LogP contribution >= 0.6 is 0 Å². The standard InChI is InChI=1S/C36H55N3O9/c1-35(2,3)21-25-17-18-29(40)46-22-28(32(43)37-26(30(41)33(44)47-25)19-23-13-9-7-10-14-23)38-31(42)27(20-24-15-11-8-12-16-24)39-34(45)48-36(4,5)6/h8,11-12,15-16,23,25-28,30,41H,7,9-10,13-14,17-22H2,1-6H3,(H,37,43)(H,38,42)(H,39,45)/t25?,26-,27-,28?,30+/m0/s1. The van der Waals surface area contributed by atoms with Gasteiger partial charge in [-0.2, -0.15) is 0 Å². The number of hydrogen-bond acceptors (Lipinski definition) is 9. The average molecular weight is 674 g/mol. The van der Waals surface area contributed by atoms with E-state index in [1.54, 1.807) is 45.0 Å². The topological polar surface area (TPSA) is 169 Å². The second-order valence-corrected chi connectivity index (χ2v) is 15.3. The summed E-state index contributed by atoms with van der Waals surface area (Å²) in [6.45, 7) is 10.6. The summed E-state index contributed by atoms with van der Waals surface area (Å²) in [5.74, 6) is -2.79. The van der Waals surface area contributed by atoms with Crippen LogP contribution in [0.1, 0.15) is 105 Å². The Balaban J connectivity index is 1.88. The molecule has 1 aliphatic heterocycles. The molecule has 1 aromatic rings. The first-order valence-electron chi connectivity index (χ1n) is 17.2. The largest absolute Gasteiger partial charge is 0.463 e. The summed E-state index contributed by atoms with van der Waals surface area (Å²) in [4.78, 5) is 66.4. The van der Waals surface area contributed by atoms with Gasteiger partial charge >= 0.3 is 18.0 Å². The van der Waals surface area contributed by atoms with Crippen LogP contribution in [0.25, 0.3) is 0 Å². The zero-order chi connectivity index (χ0) is 35.5. The van der Waals surface area contributed by atoms with E-state index in [4.69, 9.17) is 14.2 Å². The molecule has 3 rings (SSSR count). The Labute approximate surface area is 284 Å². The van der Waals surface area contributed by atoms with E-state index < -0.39 is 72.4 Å². The van der Waals surface area contributed by atoms with Gasteiger partial charge in [0.1, 0.15) is 30.4 Å². The number of nitrogens with one attached hydrogen (secondary N) is 3. The van der Waals surface area contributed by atoms with Crippen LogP contribution < -0.4 is 16.0 Å². The lowest BCUT2D eigenvalue weighted by atomic mass is 9.83. The van der Waals surface area contributed by atoms with E-state index in [2.05, 4.69) is 16.0 Å². The normalized spacial score (nSPS) is 24.4. The molecule has 2 unspecified atom stereocenters. The molecule has 0 bridgehead atoms. The summed E-state index contributed by atoms with van der Waals surface area (Å²) in [5, 5.41) is 19.3. The van der Waals surface area contributed by atoms with Crippen molar-refractivity contribution in [2.45, 2.75) is 142 Å². The molecule has 2 fully saturated rings. The number of alkyl carbamates (subject to hydrolysis) is 1. The lowest BCUT2D eigenvalue weighted by molar-refractivity contribution is -0.164. The Hall–Kier alpha value is -3.67. The molecule has 1 aromatic carbocycles. The molecule has 4 N–H and O–H groups in total. The van der Waals surface area contributed by atoms with Gasteiger partial charge in [0.25, 0.3) is 0 Å². The Morgan fingerprint density at radius 3 is 2.29 bits per heavy atom. The molecule has 48 heavy (non-hydrogen) atoms. The molecule has 1 saturated carbocycles. The van der Waals surface area contributed by atoms with Gasteiger partial charge < -0.3 is 35.3 Å². The first kappa shape index (κ1) is 38.8. The summed E-state index contributed by atoms with van der Waals surface area (Å²) in [7, 11) is 0. The van der Waals surface area contributed by atoms with Gasteiger partial charge in [-0.05, 0) is 56.9 Å². The van der Waals surface area contributed by atoms with Crippen molar-refractivity contribution < 1.29 is 43.3 Å². The van der Waals surface area contributed by atoms with Gasteiger partial charge in [-0.3, -0.25) is 14.4 Å². The van der Waals surface area contributed by atoms with Crippen molar-refractivity contribution in [1.82, 2.24) is 16.0 Å². The molecule has 2 aliphatic rings. The fourth-order valence-electron chi connectivity index (χ4n) is 6.11. The molecular formula is C36H55N3O9. The molecule has 1 saturated heterocycles. The number of aliphatic hydroxyl groups excluding tert-OH is 1. The van der Waals surface area contributed by atoms with Crippen molar-refractivity contribution in [3.05, 3.63) is 35.9 Å². The van der Waals surface area contributed by atoms with Crippen LogP contribution in [-0.4, -0.2) is 77.5 Å². The monoisotopic (exact) mass is 673 g/mol. The minimum atomic E-state index is -1.66. The molecule has 5 atom stereocenters. The molecular weight excluding hydrogens is 618 g/mol. The highest BCUT2D eigenvalue weighted by Gasteiger charge is 2.37. The number of carbonyl (C=O) groups excluding carboxylic acids is 5. The number of rotatable bonds is 8. The summed E-state index contributed by atoms with van der Waals surface area (Å²) in [5.41, 5.74) is -0.305. The van der Waals surface area contributed by atoms with E-state index in [1.807, 2.05) is 26.8 Å². The molecule has 268 valence electrons. The smallest absolute Gasteiger partial charge is 0.408 e. The highest BCUT2D eigenvalue weighted by molar-refractivity contribution is 5.92. The minimum Gasteiger partial charge on any atom is -0.463 e. The van der Waals surface area contributed by atoms with E-state index in [0.717, 1.165) is 37.7 Å². The van der Waals surface area contributed by atoms with Crippen molar-refractivity contribution >= 4 is 29.8 Å². The number of cyclic esters (lactones) is 2. The second kappa shape index (κ2) is 17.6. The minimum absolute atomic E-state index is 0.0874. The second-order valence-electron chi connectivity index (χ2n) is 15.3. The third-order valence-electron chi connectivity index (χ3n) is 8.39. The van der Waals surface area contributed by atoms with Gasteiger partial charge in [0.2, 0.25) is 11.8 Å². The summed E-state index contributed by atoms with van der Waals surface area (Å²) in [6, 6.07) is 5.49. The van der Waals surface area contributed by atoms with Crippen LogP contribution in [0.4, 0.5) is 4.79 Å². The van der Waals surface area contributed by atoms with Crippen LogP contribution in [0.2, 0.25) is 0 Å². The first-order valence-corrected chi connectivity index (χ1v) is 17.2. The van der Waals surface area contributed by atoms with Crippen molar-refractivity contribution in [2.75, 3.05) is 6.61 Å². The van der Waals surface area contributed by atoms with Crippen molar-refractivity contribution in [1.29, 1.82) is 0 Å². The number of aliphatic hydroxyl groups is 1. The molecule has 12 nitrogen and oxygen atoms in total. The maximum absolute atomic E-state index is 13.8. The molecule has 3 amide bonds. The molecule has 0 radical (unpaired) electrons. The zero-order valence-electron chi connectivity index (χ0n) is 29.3. The highest BCUT2D eigenvalue weighted by Crippen LogP contribution is 2.29. The van der Waals surface area contributed by atoms with Crippen molar-refractivity contribution in [3.63, 3.8) is 0 Å². The fourth-order valence-corrected chi connectivity index (χ4v) is 6.11. The molecule has 0 spiro atoms. The summed E-state index contributed by atoms with van der Waals surface area (Å²) in [6.07, 6.45) is 2.74. The van der Waals surface area contributed by atoms with Gasteiger partial charge in [-0.1, -0.05) is 83.2 Å². The van der Waals surface area contributed by atoms with Gasteiger partial charge in [0.15, 0.2) is 6.10 Å². The quantitative estimate of drug-likeness (QED) is 0.234. The zero-order valence-corrected chi connectivity index (χ0v) is 29.3. The van der Waals surface area contributed by atoms with E-state index in [9.17, 15) is 29.1 Å². The lowest BCUT2D eigenvalue weighted by Gasteiger charge is -2.32. The third-order valence-corrected chi connectivity index (χ3v) is 8.39. The van der Waals surface area contributed by atoms with Gasteiger partial charge in [-0.25, -0.2) is 9.59 Å². The Bertz CT molecular complexity index is 1240. The predicted molar refractivity (Wildman–Crippen MR) is 179 cm³/mol. The Morgan fingerprint density at radius 1 is 1.00 bits per heavy atom. The van der Waals surface area contributed by atoms with Crippen LogP contribution in [-0.2, 0) is 39.8 Å². The van der Waals surface area contributed by atoms with Crippen LogP contribution in [0.15, 0.2) is 30.3 Å². The first-order chi connectivity index (χ1) is 22.5. The number of benzene rings is 1. The number of hydrogen-bond donors (Lipinski definition) is 4. The van der Waals surface area contributed by atoms with Gasteiger partial charge in [-0.15, -0.1) is 0 Å². The SMILES string of the molecule is CC(C)(C)CC1CCC(=O)OCC(NC(=O)[C@H](Cc2ccccc2)NC(=O)OC(C)(C)C)C(=O)N[C@@H](CC2CCCCC2)[C@@H](O)C(=O)O1. The number of esters is 2. The number of amides is 3. The molecule has 1 aliphatic carbocycles.